The molecule has 1 N–H and O–H groups in total. The molecule has 0 aliphatic heterocycles. The zero-order valence-electron chi connectivity index (χ0n) is 16.7. The predicted octanol–water partition coefficient (Wildman–Crippen LogP) is 4.44. The molecule has 0 aliphatic rings. The summed E-state index contributed by atoms with van der Waals surface area (Å²) in [6, 6.07) is 13.3. The third-order valence-electron chi connectivity index (χ3n) is 4.50. The van der Waals surface area contributed by atoms with Gasteiger partial charge in [-0.25, -0.2) is 0 Å². The van der Waals surface area contributed by atoms with Crippen molar-refractivity contribution in [2.75, 3.05) is 14.2 Å². The van der Waals surface area contributed by atoms with E-state index in [4.69, 9.17) is 14.2 Å². The Hall–Kier alpha value is -2.69. The lowest BCUT2D eigenvalue weighted by Gasteiger charge is -2.23. The first-order chi connectivity index (χ1) is 13.0. The van der Waals surface area contributed by atoms with Gasteiger partial charge in [-0.05, 0) is 49.6 Å². The number of nitrogens with one attached hydrogen (secondary N) is 1. The maximum Gasteiger partial charge on any atom is 0.261 e. The van der Waals surface area contributed by atoms with Crippen molar-refractivity contribution in [3.05, 3.63) is 53.6 Å². The van der Waals surface area contributed by atoms with Crippen molar-refractivity contribution < 1.29 is 19.0 Å². The second-order valence-electron chi connectivity index (χ2n) is 6.41. The predicted molar refractivity (Wildman–Crippen MR) is 107 cm³/mol. The van der Waals surface area contributed by atoms with E-state index >= 15 is 0 Å². The molecule has 0 aliphatic carbocycles. The van der Waals surface area contributed by atoms with Gasteiger partial charge in [0, 0.05) is 0 Å². The summed E-state index contributed by atoms with van der Waals surface area (Å²) in [4.78, 5) is 12.8. The van der Waals surface area contributed by atoms with Gasteiger partial charge in [-0.2, -0.15) is 0 Å². The molecule has 0 saturated carbocycles. The summed E-state index contributed by atoms with van der Waals surface area (Å²) in [6.45, 7) is 5.99. The van der Waals surface area contributed by atoms with Crippen LogP contribution in [0.25, 0.3) is 0 Å². The molecule has 0 aromatic heterocycles. The number of methoxy groups -OCH3 is 2. The van der Waals surface area contributed by atoms with E-state index in [1.165, 1.54) is 0 Å². The Morgan fingerprint density at radius 2 is 1.63 bits per heavy atom. The van der Waals surface area contributed by atoms with Crippen molar-refractivity contribution in [2.24, 2.45) is 0 Å². The van der Waals surface area contributed by atoms with E-state index in [0.717, 1.165) is 17.5 Å². The normalized spacial score (nSPS) is 12.8. The van der Waals surface area contributed by atoms with Crippen LogP contribution in [0.4, 0.5) is 0 Å². The van der Waals surface area contributed by atoms with Crippen molar-refractivity contribution >= 4 is 5.91 Å². The lowest BCUT2D eigenvalue weighted by atomic mass is 10.0. The topological polar surface area (TPSA) is 56.8 Å². The van der Waals surface area contributed by atoms with Crippen molar-refractivity contribution in [3.63, 3.8) is 0 Å². The highest BCUT2D eigenvalue weighted by atomic mass is 16.5. The molecule has 2 aromatic rings. The quantitative estimate of drug-likeness (QED) is 0.708. The van der Waals surface area contributed by atoms with Crippen LogP contribution in [-0.2, 0) is 4.79 Å². The van der Waals surface area contributed by atoms with E-state index in [0.29, 0.717) is 23.7 Å². The van der Waals surface area contributed by atoms with Crippen LogP contribution in [0.1, 0.15) is 43.9 Å². The number of carbonyl (C=O) groups excluding carboxylic acids is 1. The average molecular weight is 371 g/mol. The zero-order chi connectivity index (χ0) is 19.8. The smallest absolute Gasteiger partial charge is 0.261 e. The van der Waals surface area contributed by atoms with Crippen LogP contribution in [0.5, 0.6) is 17.2 Å². The number of aryl methyl sites for hydroxylation is 1. The van der Waals surface area contributed by atoms with Crippen LogP contribution in [0, 0.1) is 6.92 Å². The first kappa shape index (κ1) is 20.6. The van der Waals surface area contributed by atoms with Gasteiger partial charge in [0.2, 0.25) is 0 Å². The maximum atomic E-state index is 12.8. The van der Waals surface area contributed by atoms with Crippen LogP contribution in [-0.4, -0.2) is 26.2 Å². The first-order valence-electron chi connectivity index (χ1n) is 9.27. The summed E-state index contributed by atoms with van der Waals surface area (Å²) in [7, 11) is 3.20. The van der Waals surface area contributed by atoms with E-state index in [9.17, 15) is 4.79 Å². The van der Waals surface area contributed by atoms with Crippen LogP contribution < -0.4 is 19.5 Å². The van der Waals surface area contributed by atoms with Gasteiger partial charge in [0.15, 0.2) is 17.6 Å². The van der Waals surface area contributed by atoms with Gasteiger partial charge in [-0.1, -0.05) is 37.6 Å². The van der Waals surface area contributed by atoms with Gasteiger partial charge in [-0.3, -0.25) is 4.79 Å². The molecule has 0 radical (unpaired) electrons. The molecule has 5 heteroatoms. The van der Waals surface area contributed by atoms with E-state index in [-0.39, 0.29) is 11.9 Å². The van der Waals surface area contributed by atoms with Gasteiger partial charge in [-0.15, -0.1) is 0 Å². The SMILES string of the molecule is CC[C@H](NC(=O)[C@@H](CC)Oc1ccc(C)cc1)c1ccc(OC)c(OC)c1. The Balaban J connectivity index is 2.11. The van der Waals surface area contributed by atoms with E-state index in [2.05, 4.69) is 5.32 Å². The summed E-state index contributed by atoms with van der Waals surface area (Å²) in [5.74, 6) is 1.88. The lowest BCUT2D eigenvalue weighted by molar-refractivity contribution is -0.128. The Bertz CT molecular complexity index is 742. The molecule has 146 valence electrons. The van der Waals surface area contributed by atoms with Crippen molar-refractivity contribution in [3.8, 4) is 17.2 Å². The highest BCUT2D eigenvalue weighted by Gasteiger charge is 2.22. The van der Waals surface area contributed by atoms with Gasteiger partial charge in [0.25, 0.3) is 5.91 Å². The van der Waals surface area contributed by atoms with Gasteiger partial charge in [0.05, 0.1) is 20.3 Å². The minimum atomic E-state index is -0.540. The lowest BCUT2D eigenvalue weighted by Crippen LogP contribution is -2.39. The molecule has 1 amide bonds. The number of rotatable bonds is 9. The monoisotopic (exact) mass is 371 g/mol. The number of benzene rings is 2. The molecule has 2 aromatic carbocycles. The molecule has 5 nitrogen and oxygen atoms in total. The number of hydrogen-bond donors (Lipinski definition) is 1. The molecule has 0 heterocycles. The third-order valence-corrected chi connectivity index (χ3v) is 4.50. The molecule has 2 atom stereocenters. The molecule has 0 bridgehead atoms. The van der Waals surface area contributed by atoms with Crippen molar-refractivity contribution in [1.82, 2.24) is 5.32 Å². The Kier molecular flexibility index (Phi) is 7.53. The van der Waals surface area contributed by atoms with Crippen molar-refractivity contribution in [2.45, 2.75) is 45.8 Å². The van der Waals surface area contributed by atoms with Gasteiger partial charge in [0.1, 0.15) is 5.75 Å². The van der Waals surface area contributed by atoms with E-state index in [1.807, 2.05) is 63.2 Å². The van der Waals surface area contributed by atoms with Gasteiger partial charge >= 0.3 is 0 Å². The summed E-state index contributed by atoms with van der Waals surface area (Å²) >= 11 is 0. The minimum absolute atomic E-state index is 0.125. The van der Waals surface area contributed by atoms with Gasteiger partial charge < -0.3 is 19.5 Å². The first-order valence-corrected chi connectivity index (χ1v) is 9.27. The summed E-state index contributed by atoms with van der Waals surface area (Å²) < 4.78 is 16.5. The zero-order valence-corrected chi connectivity index (χ0v) is 16.7. The Labute approximate surface area is 161 Å². The largest absolute Gasteiger partial charge is 0.493 e. The molecule has 27 heavy (non-hydrogen) atoms. The molecular weight excluding hydrogens is 342 g/mol. The summed E-state index contributed by atoms with van der Waals surface area (Å²) in [5, 5.41) is 3.09. The molecular formula is C22H29NO4. The average Bonchev–Trinajstić information content (AvgIpc) is 2.70. The number of ether oxygens (including phenoxy) is 3. The van der Waals surface area contributed by atoms with Crippen LogP contribution in [0.15, 0.2) is 42.5 Å². The second kappa shape index (κ2) is 9.86. The van der Waals surface area contributed by atoms with Crippen molar-refractivity contribution in [1.29, 1.82) is 0 Å². The highest BCUT2D eigenvalue weighted by Crippen LogP contribution is 2.31. The highest BCUT2D eigenvalue weighted by molar-refractivity contribution is 5.81. The fourth-order valence-corrected chi connectivity index (χ4v) is 2.86. The fraction of sp³-hybridized carbons (Fsp3) is 0.409. The summed E-state index contributed by atoms with van der Waals surface area (Å²) in [6.07, 6.45) is 0.798. The fourth-order valence-electron chi connectivity index (χ4n) is 2.86. The maximum absolute atomic E-state index is 12.8. The third kappa shape index (κ3) is 5.39. The molecule has 2 rings (SSSR count). The van der Waals surface area contributed by atoms with Crippen LogP contribution in [0.3, 0.4) is 0 Å². The van der Waals surface area contributed by atoms with E-state index in [1.54, 1.807) is 14.2 Å². The summed E-state index contributed by atoms with van der Waals surface area (Å²) in [5.41, 5.74) is 2.12. The van der Waals surface area contributed by atoms with E-state index < -0.39 is 6.10 Å². The Morgan fingerprint density at radius 1 is 0.963 bits per heavy atom. The number of carbonyl (C=O) groups is 1. The van der Waals surface area contributed by atoms with Crippen LogP contribution in [0.2, 0.25) is 0 Å². The molecule has 0 fully saturated rings. The minimum Gasteiger partial charge on any atom is -0.493 e. The number of amides is 1. The molecule has 0 unspecified atom stereocenters. The Morgan fingerprint density at radius 3 is 2.19 bits per heavy atom. The molecule has 0 spiro atoms. The van der Waals surface area contributed by atoms with Crippen LogP contribution >= 0.6 is 0 Å². The number of hydrogen-bond acceptors (Lipinski definition) is 4. The standard InChI is InChI=1S/C22H29NO4/c1-6-18(16-10-13-20(25-4)21(14-16)26-5)23-22(24)19(7-2)27-17-11-8-15(3)9-12-17/h8-14,18-19H,6-7H2,1-5H3,(H,23,24)/t18-,19+/m0/s1. The second-order valence-corrected chi connectivity index (χ2v) is 6.41. The molecule has 0 saturated heterocycles.